The van der Waals surface area contributed by atoms with Gasteiger partial charge < -0.3 is 9.64 Å². The van der Waals surface area contributed by atoms with Crippen LogP contribution in [0.1, 0.15) is 21.6 Å². The van der Waals surface area contributed by atoms with Crippen molar-refractivity contribution < 1.29 is 13.9 Å². The Bertz CT molecular complexity index is 1090. The van der Waals surface area contributed by atoms with Gasteiger partial charge in [0.15, 0.2) is 0 Å². The van der Waals surface area contributed by atoms with Crippen molar-refractivity contribution in [1.29, 1.82) is 0 Å². The molecule has 1 aliphatic heterocycles. The lowest BCUT2D eigenvalue weighted by molar-refractivity contribution is 0.0629. The molecule has 0 radical (unpaired) electrons. The zero-order chi connectivity index (χ0) is 21.3. The predicted octanol–water partition coefficient (Wildman–Crippen LogP) is 4.41. The number of halogens is 2. The average Bonchev–Trinajstić information content (AvgIpc) is 2.73. The minimum atomic E-state index is -0.272. The largest absolute Gasteiger partial charge is 0.496 e. The second-order valence-electron chi connectivity index (χ2n) is 7.50. The van der Waals surface area contributed by atoms with Gasteiger partial charge in [-0.3, -0.25) is 14.7 Å². The molecule has 3 aromatic rings. The number of carbonyl (C=O) groups excluding carboxylic acids is 1. The third-order valence-corrected chi connectivity index (χ3v) is 5.92. The molecule has 0 saturated carbocycles. The fourth-order valence-electron chi connectivity index (χ4n) is 3.90. The Morgan fingerprint density at radius 3 is 2.63 bits per heavy atom. The van der Waals surface area contributed by atoms with Gasteiger partial charge in [0.05, 0.1) is 18.2 Å². The molecular weight excluding hydrogens is 449 g/mol. The number of fused-ring (bicyclic) bond motifs is 1. The molecule has 0 aliphatic carbocycles. The molecule has 1 aromatic heterocycles. The molecule has 1 aliphatic rings. The molecule has 0 unspecified atom stereocenters. The van der Waals surface area contributed by atoms with Crippen molar-refractivity contribution in [3.8, 4) is 5.75 Å². The van der Waals surface area contributed by atoms with Crippen LogP contribution in [0.2, 0.25) is 0 Å². The SMILES string of the molecule is COc1ccc(F)cc1CN1CCN(C(=O)c2cc(C)nc3cc(Br)ccc23)CC1. The van der Waals surface area contributed by atoms with Gasteiger partial charge in [0.1, 0.15) is 11.6 Å². The summed E-state index contributed by atoms with van der Waals surface area (Å²) in [5, 5.41) is 0.862. The molecule has 4 rings (SSSR count). The zero-order valence-corrected chi connectivity index (χ0v) is 18.6. The molecule has 1 fully saturated rings. The van der Waals surface area contributed by atoms with E-state index in [1.54, 1.807) is 13.2 Å². The van der Waals surface area contributed by atoms with Crippen LogP contribution in [0.25, 0.3) is 10.9 Å². The van der Waals surface area contributed by atoms with Gasteiger partial charge in [-0.05, 0) is 43.3 Å². The Labute approximate surface area is 183 Å². The first-order valence-corrected chi connectivity index (χ1v) is 10.6. The normalized spacial score (nSPS) is 14.9. The van der Waals surface area contributed by atoms with E-state index < -0.39 is 0 Å². The average molecular weight is 472 g/mol. The highest BCUT2D eigenvalue weighted by Gasteiger charge is 2.24. The third-order valence-electron chi connectivity index (χ3n) is 5.43. The Kier molecular flexibility index (Phi) is 6.01. The van der Waals surface area contributed by atoms with E-state index in [-0.39, 0.29) is 11.7 Å². The number of benzene rings is 2. The Morgan fingerprint density at radius 2 is 1.90 bits per heavy atom. The van der Waals surface area contributed by atoms with Crippen molar-refractivity contribution in [2.75, 3.05) is 33.3 Å². The van der Waals surface area contributed by atoms with Crippen molar-refractivity contribution >= 4 is 32.7 Å². The summed E-state index contributed by atoms with van der Waals surface area (Å²) >= 11 is 3.47. The van der Waals surface area contributed by atoms with Crippen LogP contribution in [0.15, 0.2) is 46.9 Å². The summed E-state index contributed by atoms with van der Waals surface area (Å²) in [5.74, 6) is 0.432. The Morgan fingerprint density at radius 1 is 1.13 bits per heavy atom. The summed E-state index contributed by atoms with van der Waals surface area (Å²) in [4.78, 5) is 21.9. The highest BCUT2D eigenvalue weighted by Crippen LogP contribution is 2.25. The van der Waals surface area contributed by atoms with Gasteiger partial charge in [-0.15, -0.1) is 0 Å². The number of pyridine rings is 1. The lowest BCUT2D eigenvalue weighted by Gasteiger charge is -2.35. The number of hydrogen-bond acceptors (Lipinski definition) is 4. The number of methoxy groups -OCH3 is 1. The second-order valence-corrected chi connectivity index (χ2v) is 8.41. The maximum atomic E-state index is 13.6. The molecule has 30 heavy (non-hydrogen) atoms. The molecule has 1 saturated heterocycles. The molecule has 2 aromatic carbocycles. The minimum Gasteiger partial charge on any atom is -0.496 e. The third kappa shape index (κ3) is 4.32. The van der Waals surface area contributed by atoms with E-state index in [4.69, 9.17) is 4.74 Å². The van der Waals surface area contributed by atoms with Crippen LogP contribution in [0.3, 0.4) is 0 Å². The van der Waals surface area contributed by atoms with Crippen molar-refractivity contribution in [2.24, 2.45) is 0 Å². The van der Waals surface area contributed by atoms with Crippen LogP contribution in [-0.4, -0.2) is 54.0 Å². The molecular formula is C23H23BrFN3O2. The first kappa shape index (κ1) is 20.8. The predicted molar refractivity (Wildman–Crippen MR) is 118 cm³/mol. The van der Waals surface area contributed by atoms with Crippen LogP contribution >= 0.6 is 15.9 Å². The standard InChI is InChI=1S/C23H23BrFN3O2/c1-15-11-20(19-5-3-17(24)13-21(19)26-15)23(29)28-9-7-27(8-10-28)14-16-12-18(25)4-6-22(16)30-2/h3-6,11-13H,7-10,14H2,1-2H3. The van der Waals surface area contributed by atoms with Gasteiger partial charge in [0.25, 0.3) is 5.91 Å². The maximum absolute atomic E-state index is 13.6. The van der Waals surface area contributed by atoms with Gasteiger partial charge in [-0.25, -0.2) is 4.39 Å². The van der Waals surface area contributed by atoms with Crippen LogP contribution in [0.5, 0.6) is 5.75 Å². The number of rotatable bonds is 4. The van der Waals surface area contributed by atoms with Gasteiger partial charge >= 0.3 is 0 Å². The first-order chi connectivity index (χ1) is 14.4. The van der Waals surface area contributed by atoms with Crippen molar-refractivity contribution in [3.05, 3.63) is 69.6 Å². The fourth-order valence-corrected chi connectivity index (χ4v) is 4.25. The number of nitrogens with zero attached hydrogens (tertiary/aromatic N) is 3. The van der Waals surface area contributed by atoms with E-state index in [0.29, 0.717) is 30.9 Å². The van der Waals surface area contributed by atoms with E-state index in [0.717, 1.165) is 39.7 Å². The molecule has 2 heterocycles. The van der Waals surface area contributed by atoms with Crippen LogP contribution in [-0.2, 0) is 6.54 Å². The number of ether oxygens (including phenoxy) is 1. The molecule has 156 valence electrons. The maximum Gasteiger partial charge on any atom is 0.254 e. The molecule has 0 bridgehead atoms. The molecule has 1 amide bonds. The quantitative estimate of drug-likeness (QED) is 0.565. The van der Waals surface area contributed by atoms with E-state index in [1.165, 1.54) is 12.1 Å². The summed E-state index contributed by atoms with van der Waals surface area (Å²) in [6, 6.07) is 12.2. The van der Waals surface area contributed by atoms with Gasteiger partial charge in [-0.1, -0.05) is 22.0 Å². The number of carbonyl (C=O) groups is 1. The first-order valence-electron chi connectivity index (χ1n) is 9.85. The Balaban J connectivity index is 1.48. The molecule has 0 spiro atoms. The smallest absolute Gasteiger partial charge is 0.254 e. The zero-order valence-electron chi connectivity index (χ0n) is 17.0. The minimum absolute atomic E-state index is 0.0239. The lowest BCUT2D eigenvalue weighted by atomic mass is 10.1. The molecule has 5 nitrogen and oxygen atoms in total. The van der Waals surface area contributed by atoms with E-state index >= 15 is 0 Å². The number of aromatic nitrogens is 1. The van der Waals surface area contributed by atoms with Gasteiger partial charge in [0.2, 0.25) is 0 Å². The summed E-state index contributed by atoms with van der Waals surface area (Å²) < 4.78 is 19.9. The van der Waals surface area contributed by atoms with Crippen molar-refractivity contribution in [2.45, 2.75) is 13.5 Å². The van der Waals surface area contributed by atoms with E-state index in [9.17, 15) is 9.18 Å². The highest BCUT2D eigenvalue weighted by molar-refractivity contribution is 9.10. The Hall–Kier alpha value is -2.51. The molecule has 0 N–H and O–H groups in total. The number of piperazine rings is 1. The fraction of sp³-hybridized carbons (Fsp3) is 0.304. The van der Waals surface area contributed by atoms with Crippen molar-refractivity contribution in [1.82, 2.24) is 14.8 Å². The van der Waals surface area contributed by atoms with E-state index in [2.05, 4.69) is 25.8 Å². The topological polar surface area (TPSA) is 45.7 Å². The van der Waals surface area contributed by atoms with Crippen LogP contribution < -0.4 is 4.74 Å². The number of hydrogen-bond donors (Lipinski definition) is 0. The molecule has 0 atom stereocenters. The van der Waals surface area contributed by atoms with Crippen molar-refractivity contribution in [3.63, 3.8) is 0 Å². The van der Waals surface area contributed by atoms with Crippen LogP contribution in [0.4, 0.5) is 4.39 Å². The summed E-state index contributed by atoms with van der Waals surface area (Å²) in [6.45, 7) is 5.18. The molecule has 7 heteroatoms. The summed E-state index contributed by atoms with van der Waals surface area (Å²) in [6.07, 6.45) is 0. The number of aryl methyl sites for hydroxylation is 1. The van der Waals surface area contributed by atoms with Gasteiger partial charge in [-0.2, -0.15) is 0 Å². The summed E-state index contributed by atoms with van der Waals surface area (Å²) in [7, 11) is 1.59. The monoisotopic (exact) mass is 471 g/mol. The number of amides is 1. The van der Waals surface area contributed by atoms with Crippen LogP contribution in [0, 0.1) is 12.7 Å². The van der Waals surface area contributed by atoms with Gasteiger partial charge in [0, 0.05) is 53.8 Å². The second kappa shape index (κ2) is 8.70. The van der Waals surface area contributed by atoms with E-state index in [1.807, 2.05) is 36.1 Å². The summed E-state index contributed by atoms with van der Waals surface area (Å²) in [5.41, 5.74) is 3.13. The lowest BCUT2D eigenvalue weighted by Crippen LogP contribution is -2.48. The highest BCUT2D eigenvalue weighted by atomic mass is 79.9.